The molecule has 4 nitrogen and oxygen atoms in total. The highest BCUT2D eigenvalue weighted by molar-refractivity contribution is 5.95. The predicted molar refractivity (Wildman–Crippen MR) is 105 cm³/mol. The quantitative estimate of drug-likeness (QED) is 0.686. The molecule has 0 spiro atoms. The van der Waals surface area contributed by atoms with Crippen molar-refractivity contribution in [1.82, 2.24) is 4.90 Å². The van der Waals surface area contributed by atoms with E-state index in [0.29, 0.717) is 12.3 Å². The molecule has 26 heavy (non-hydrogen) atoms. The van der Waals surface area contributed by atoms with Gasteiger partial charge in [-0.3, -0.25) is 4.79 Å². The Balaban J connectivity index is 1.43. The van der Waals surface area contributed by atoms with Crippen LogP contribution in [0.2, 0.25) is 0 Å². The fourth-order valence-corrected chi connectivity index (χ4v) is 3.59. The summed E-state index contributed by atoms with van der Waals surface area (Å²) < 4.78 is 5.69. The molecule has 134 valence electrons. The molecule has 1 amide bonds. The van der Waals surface area contributed by atoms with Gasteiger partial charge >= 0.3 is 0 Å². The van der Waals surface area contributed by atoms with Crippen molar-refractivity contribution in [2.75, 3.05) is 25.0 Å². The molecule has 2 heterocycles. The van der Waals surface area contributed by atoms with E-state index in [4.69, 9.17) is 4.42 Å². The number of amides is 1. The lowest BCUT2D eigenvalue weighted by Gasteiger charge is -2.29. The van der Waals surface area contributed by atoms with E-state index in [2.05, 4.69) is 29.2 Å². The average Bonchev–Trinajstić information content (AvgIpc) is 3.13. The number of rotatable bonds is 4. The Morgan fingerprint density at radius 3 is 2.50 bits per heavy atom. The number of benzene rings is 2. The van der Waals surface area contributed by atoms with Crippen molar-refractivity contribution in [1.29, 1.82) is 0 Å². The number of para-hydroxylation sites is 1. The minimum Gasteiger partial charge on any atom is -0.451 e. The first-order chi connectivity index (χ1) is 12.7. The highest BCUT2D eigenvalue weighted by atomic mass is 16.3. The summed E-state index contributed by atoms with van der Waals surface area (Å²) in [5.74, 6) is 0.292. The third kappa shape index (κ3) is 3.45. The summed E-state index contributed by atoms with van der Waals surface area (Å²) in [4.78, 5) is 16.8. The number of hydrogen-bond acceptors (Lipinski definition) is 3. The number of fused-ring (bicyclic) bond motifs is 1. The molecule has 2 aromatic carbocycles. The molecular formula is C22H24N2O2. The van der Waals surface area contributed by atoms with E-state index in [9.17, 15) is 4.79 Å². The first-order valence-electron chi connectivity index (χ1n) is 9.29. The lowest BCUT2D eigenvalue weighted by Crippen LogP contribution is -2.29. The zero-order valence-electron chi connectivity index (χ0n) is 15.1. The van der Waals surface area contributed by atoms with Crippen LogP contribution in [0.3, 0.4) is 0 Å². The van der Waals surface area contributed by atoms with E-state index in [0.717, 1.165) is 29.6 Å². The number of anilines is 1. The third-order valence-electron chi connectivity index (χ3n) is 5.06. The van der Waals surface area contributed by atoms with Crippen LogP contribution in [0.5, 0.6) is 0 Å². The number of carbonyl (C=O) groups excluding carboxylic acids is 1. The number of hydrogen-bond donors (Lipinski definition) is 0. The van der Waals surface area contributed by atoms with Crippen molar-refractivity contribution >= 4 is 22.6 Å². The van der Waals surface area contributed by atoms with Crippen molar-refractivity contribution in [3.05, 3.63) is 65.9 Å². The normalized spacial score (nSPS) is 14.6. The van der Waals surface area contributed by atoms with Gasteiger partial charge in [0.15, 0.2) is 5.76 Å². The van der Waals surface area contributed by atoms with E-state index in [1.165, 1.54) is 24.9 Å². The molecule has 0 unspecified atom stereocenters. The van der Waals surface area contributed by atoms with Crippen LogP contribution in [-0.4, -0.2) is 30.9 Å². The van der Waals surface area contributed by atoms with Crippen molar-refractivity contribution in [3.63, 3.8) is 0 Å². The molecular weight excluding hydrogens is 324 g/mol. The molecule has 1 fully saturated rings. The molecule has 0 N–H and O–H groups in total. The summed E-state index contributed by atoms with van der Waals surface area (Å²) in [5.41, 5.74) is 3.15. The predicted octanol–water partition coefficient (Wildman–Crippen LogP) is 4.70. The van der Waals surface area contributed by atoms with Crippen LogP contribution >= 0.6 is 0 Å². The number of nitrogens with zero attached hydrogens (tertiary/aromatic N) is 2. The second-order valence-electron chi connectivity index (χ2n) is 7.02. The van der Waals surface area contributed by atoms with Crippen LogP contribution in [-0.2, 0) is 6.54 Å². The maximum Gasteiger partial charge on any atom is 0.289 e. The van der Waals surface area contributed by atoms with Gasteiger partial charge in [0.05, 0.1) is 0 Å². The van der Waals surface area contributed by atoms with Gasteiger partial charge in [-0.15, -0.1) is 0 Å². The van der Waals surface area contributed by atoms with Gasteiger partial charge in [-0.2, -0.15) is 0 Å². The highest BCUT2D eigenvalue weighted by Gasteiger charge is 2.17. The fourth-order valence-electron chi connectivity index (χ4n) is 3.59. The Morgan fingerprint density at radius 2 is 1.77 bits per heavy atom. The molecule has 4 rings (SSSR count). The standard InChI is InChI=1S/C22H24N2O2/c1-23(22(25)21-15-18-7-3-4-8-20(18)26-21)16-17-9-11-19(12-10-17)24-13-5-2-6-14-24/h3-4,7-12,15H,2,5-6,13-14,16H2,1H3. The second kappa shape index (κ2) is 7.24. The van der Waals surface area contributed by atoms with E-state index in [1.807, 2.05) is 37.4 Å². The summed E-state index contributed by atoms with van der Waals surface area (Å²) in [7, 11) is 1.81. The van der Waals surface area contributed by atoms with Crippen molar-refractivity contribution in [2.45, 2.75) is 25.8 Å². The Bertz CT molecular complexity index is 859. The van der Waals surface area contributed by atoms with Crippen LogP contribution in [0, 0.1) is 0 Å². The molecule has 0 atom stereocenters. The van der Waals surface area contributed by atoms with Crippen LogP contribution in [0.15, 0.2) is 59.0 Å². The molecule has 1 aromatic heterocycles. The zero-order valence-corrected chi connectivity index (χ0v) is 15.1. The smallest absolute Gasteiger partial charge is 0.289 e. The largest absolute Gasteiger partial charge is 0.451 e. The highest BCUT2D eigenvalue weighted by Crippen LogP contribution is 2.22. The van der Waals surface area contributed by atoms with Crippen LogP contribution in [0.1, 0.15) is 35.4 Å². The topological polar surface area (TPSA) is 36.7 Å². The number of piperidine rings is 1. The maximum atomic E-state index is 12.7. The van der Waals surface area contributed by atoms with Crippen LogP contribution in [0.4, 0.5) is 5.69 Å². The Morgan fingerprint density at radius 1 is 1.04 bits per heavy atom. The van der Waals surface area contributed by atoms with E-state index >= 15 is 0 Å². The molecule has 0 aliphatic carbocycles. The molecule has 1 aliphatic heterocycles. The minimum atomic E-state index is -0.0960. The van der Waals surface area contributed by atoms with E-state index in [1.54, 1.807) is 4.90 Å². The lowest BCUT2D eigenvalue weighted by molar-refractivity contribution is 0.0756. The Hall–Kier alpha value is -2.75. The Labute approximate surface area is 154 Å². The molecule has 0 bridgehead atoms. The Kier molecular flexibility index (Phi) is 4.65. The summed E-state index contributed by atoms with van der Waals surface area (Å²) in [6.45, 7) is 2.85. The van der Waals surface area contributed by atoms with E-state index < -0.39 is 0 Å². The van der Waals surface area contributed by atoms with Gasteiger partial charge in [0.25, 0.3) is 5.91 Å². The van der Waals surface area contributed by atoms with Crippen LogP contribution < -0.4 is 4.90 Å². The second-order valence-corrected chi connectivity index (χ2v) is 7.02. The summed E-state index contributed by atoms with van der Waals surface area (Å²) in [6.07, 6.45) is 3.89. The molecule has 1 saturated heterocycles. The SMILES string of the molecule is CN(Cc1ccc(N2CCCCC2)cc1)C(=O)c1cc2ccccc2o1. The number of carbonyl (C=O) groups is 1. The van der Waals surface area contributed by atoms with Crippen molar-refractivity contribution in [3.8, 4) is 0 Å². The molecule has 1 aliphatic rings. The maximum absolute atomic E-state index is 12.7. The molecule has 3 aromatic rings. The average molecular weight is 348 g/mol. The summed E-state index contributed by atoms with van der Waals surface area (Å²) in [6, 6.07) is 18.1. The monoisotopic (exact) mass is 348 g/mol. The lowest BCUT2D eigenvalue weighted by atomic mass is 10.1. The number of furan rings is 1. The van der Waals surface area contributed by atoms with Gasteiger partial charge in [0.2, 0.25) is 0 Å². The van der Waals surface area contributed by atoms with Crippen molar-refractivity contribution in [2.24, 2.45) is 0 Å². The third-order valence-corrected chi connectivity index (χ3v) is 5.06. The molecule has 0 saturated carbocycles. The first-order valence-corrected chi connectivity index (χ1v) is 9.29. The van der Waals surface area contributed by atoms with Crippen LogP contribution in [0.25, 0.3) is 11.0 Å². The molecule has 4 heteroatoms. The van der Waals surface area contributed by atoms with Gasteiger partial charge in [0, 0.05) is 37.8 Å². The zero-order chi connectivity index (χ0) is 17.9. The first kappa shape index (κ1) is 16.7. The van der Waals surface area contributed by atoms with Gasteiger partial charge in [-0.25, -0.2) is 0 Å². The van der Waals surface area contributed by atoms with Gasteiger partial charge in [0.1, 0.15) is 5.58 Å². The minimum absolute atomic E-state index is 0.0960. The van der Waals surface area contributed by atoms with E-state index in [-0.39, 0.29) is 5.91 Å². The summed E-state index contributed by atoms with van der Waals surface area (Å²) in [5, 5.41) is 0.954. The summed E-state index contributed by atoms with van der Waals surface area (Å²) >= 11 is 0. The molecule has 0 radical (unpaired) electrons. The fraction of sp³-hybridized carbons (Fsp3) is 0.318. The van der Waals surface area contributed by atoms with Gasteiger partial charge in [-0.1, -0.05) is 30.3 Å². The van der Waals surface area contributed by atoms with Gasteiger partial charge < -0.3 is 14.2 Å². The van der Waals surface area contributed by atoms with Gasteiger partial charge in [-0.05, 0) is 49.1 Å². The van der Waals surface area contributed by atoms with Crippen molar-refractivity contribution < 1.29 is 9.21 Å².